The lowest BCUT2D eigenvalue weighted by Gasteiger charge is -2.09. The van der Waals surface area contributed by atoms with Gasteiger partial charge in [0.15, 0.2) is 5.76 Å². The van der Waals surface area contributed by atoms with Crippen molar-refractivity contribution in [3.05, 3.63) is 87.6 Å². The smallest absolute Gasteiger partial charge is 0.345 e. The van der Waals surface area contributed by atoms with Crippen LogP contribution >= 0.6 is 0 Å². The second-order valence-electron chi connectivity index (χ2n) is 6.70. The number of nitrogens with zero attached hydrogens (tertiary/aromatic N) is 4. The van der Waals surface area contributed by atoms with E-state index in [1.54, 1.807) is 6.26 Å². The Morgan fingerprint density at radius 1 is 1.04 bits per heavy atom. The van der Waals surface area contributed by atoms with E-state index in [0.717, 1.165) is 28.3 Å². The number of hydrogen-bond donors (Lipinski definition) is 1. The molecular formula is C21H21N5O2. The monoisotopic (exact) mass is 375 g/mol. The fourth-order valence-corrected chi connectivity index (χ4v) is 3.31. The third-order valence-corrected chi connectivity index (χ3v) is 4.72. The van der Waals surface area contributed by atoms with E-state index in [1.807, 2.05) is 48.9 Å². The van der Waals surface area contributed by atoms with Crippen LogP contribution in [0.4, 0.5) is 0 Å². The quantitative estimate of drug-likeness (QED) is 0.559. The van der Waals surface area contributed by atoms with E-state index in [1.165, 1.54) is 0 Å². The maximum atomic E-state index is 11.5. The SMILES string of the molecule is Cc1nc(=O)[nH]c(C)c1CCc1nc(-c2ccco2)nn1Cc1ccccc1. The number of aryl methyl sites for hydroxylation is 3. The zero-order valence-corrected chi connectivity index (χ0v) is 15.8. The van der Waals surface area contributed by atoms with Crippen LogP contribution in [0.1, 0.15) is 28.3 Å². The first-order chi connectivity index (χ1) is 13.6. The zero-order chi connectivity index (χ0) is 19.5. The van der Waals surface area contributed by atoms with Crippen LogP contribution in [0.5, 0.6) is 0 Å². The Morgan fingerprint density at radius 3 is 2.57 bits per heavy atom. The molecule has 28 heavy (non-hydrogen) atoms. The summed E-state index contributed by atoms with van der Waals surface area (Å²) in [7, 11) is 0. The molecule has 1 N–H and O–H groups in total. The molecule has 7 nitrogen and oxygen atoms in total. The van der Waals surface area contributed by atoms with Gasteiger partial charge in [-0.1, -0.05) is 30.3 Å². The summed E-state index contributed by atoms with van der Waals surface area (Å²) in [6.07, 6.45) is 3.01. The highest BCUT2D eigenvalue weighted by atomic mass is 16.3. The molecule has 3 aromatic heterocycles. The molecule has 0 unspecified atom stereocenters. The molecule has 0 radical (unpaired) electrons. The molecule has 4 rings (SSSR count). The van der Waals surface area contributed by atoms with Crippen LogP contribution in [0, 0.1) is 13.8 Å². The van der Waals surface area contributed by atoms with Crippen LogP contribution in [0.15, 0.2) is 57.9 Å². The van der Waals surface area contributed by atoms with Crippen molar-refractivity contribution in [2.24, 2.45) is 0 Å². The fraction of sp³-hybridized carbons (Fsp3) is 0.238. The number of H-pyrrole nitrogens is 1. The average molecular weight is 375 g/mol. The molecule has 0 atom stereocenters. The minimum Gasteiger partial charge on any atom is -0.461 e. The lowest BCUT2D eigenvalue weighted by atomic mass is 10.1. The highest BCUT2D eigenvalue weighted by molar-refractivity contribution is 5.45. The number of nitrogens with one attached hydrogen (secondary N) is 1. The summed E-state index contributed by atoms with van der Waals surface area (Å²) in [4.78, 5) is 23.0. The summed E-state index contributed by atoms with van der Waals surface area (Å²) in [6, 6.07) is 13.8. The Hall–Kier alpha value is -3.48. The van der Waals surface area contributed by atoms with Crippen molar-refractivity contribution in [1.29, 1.82) is 0 Å². The molecule has 0 saturated heterocycles. The highest BCUT2D eigenvalue weighted by Crippen LogP contribution is 2.19. The van der Waals surface area contributed by atoms with Crippen molar-refractivity contribution < 1.29 is 4.42 Å². The van der Waals surface area contributed by atoms with Crippen LogP contribution in [0.3, 0.4) is 0 Å². The van der Waals surface area contributed by atoms with Crippen LogP contribution in [0.25, 0.3) is 11.6 Å². The predicted octanol–water partition coefficient (Wildman–Crippen LogP) is 3.07. The molecule has 7 heteroatoms. The van der Waals surface area contributed by atoms with E-state index in [0.29, 0.717) is 31.0 Å². The Labute approximate surface area is 162 Å². The Bertz CT molecular complexity index is 1100. The largest absolute Gasteiger partial charge is 0.461 e. The molecule has 0 aliphatic carbocycles. The third kappa shape index (κ3) is 3.78. The van der Waals surface area contributed by atoms with Gasteiger partial charge in [-0.2, -0.15) is 4.98 Å². The first-order valence-corrected chi connectivity index (χ1v) is 9.18. The molecule has 3 heterocycles. The summed E-state index contributed by atoms with van der Waals surface area (Å²) in [5.41, 5.74) is 3.47. The summed E-state index contributed by atoms with van der Waals surface area (Å²) < 4.78 is 7.38. The van der Waals surface area contributed by atoms with Gasteiger partial charge in [-0.05, 0) is 43.5 Å². The van der Waals surface area contributed by atoms with Gasteiger partial charge < -0.3 is 9.40 Å². The molecule has 142 valence electrons. The topological polar surface area (TPSA) is 89.6 Å². The maximum Gasteiger partial charge on any atom is 0.345 e. The minimum atomic E-state index is -0.314. The molecule has 1 aromatic carbocycles. The molecule has 0 spiro atoms. The average Bonchev–Trinajstić information content (AvgIpc) is 3.32. The molecule has 4 aromatic rings. The summed E-state index contributed by atoms with van der Waals surface area (Å²) >= 11 is 0. The molecule has 0 fully saturated rings. The third-order valence-electron chi connectivity index (χ3n) is 4.72. The van der Waals surface area contributed by atoms with Gasteiger partial charge in [0.1, 0.15) is 5.82 Å². The van der Waals surface area contributed by atoms with Gasteiger partial charge in [-0.15, -0.1) is 5.10 Å². The van der Waals surface area contributed by atoms with Gasteiger partial charge in [0, 0.05) is 17.8 Å². The van der Waals surface area contributed by atoms with Crippen molar-refractivity contribution in [3.63, 3.8) is 0 Å². The van der Waals surface area contributed by atoms with Gasteiger partial charge in [0.25, 0.3) is 0 Å². The van der Waals surface area contributed by atoms with Crippen LogP contribution in [-0.4, -0.2) is 24.7 Å². The predicted molar refractivity (Wildman–Crippen MR) is 105 cm³/mol. The summed E-state index contributed by atoms with van der Waals surface area (Å²) in [5.74, 6) is 2.08. The zero-order valence-electron chi connectivity index (χ0n) is 15.8. The second kappa shape index (κ2) is 7.64. The van der Waals surface area contributed by atoms with Crippen LogP contribution in [0.2, 0.25) is 0 Å². The lowest BCUT2D eigenvalue weighted by Crippen LogP contribution is -2.17. The van der Waals surface area contributed by atoms with Crippen molar-refractivity contribution in [2.45, 2.75) is 33.2 Å². The van der Waals surface area contributed by atoms with E-state index < -0.39 is 0 Å². The highest BCUT2D eigenvalue weighted by Gasteiger charge is 2.15. The molecular weight excluding hydrogens is 354 g/mol. The number of aromatic amines is 1. The minimum absolute atomic E-state index is 0.314. The molecule has 0 aliphatic rings. The molecule has 0 bridgehead atoms. The van der Waals surface area contributed by atoms with Crippen LogP contribution < -0.4 is 5.69 Å². The van der Waals surface area contributed by atoms with Crippen molar-refractivity contribution in [2.75, 3.05) is 0 Å². The van der Waals surface area contributed by atoms with Gasteiger partial charge in [-0.3, -0.25) is 0 Å². The first-order valence-electron chi connectivity index (χ1n) is 9.18. The number of hydrogen-bond acceptors (Lipinski definition) is 5. The number of furan rings is 1. The second-order valence-corrected chi connectivity index (χ2v) is 6.70. The van der Waals surface area contributed by atoms with Gasteiger partial charge in [0.2, 0.25) is 5.82 Å². The van der Waals surface area contributed by atoms with Gasteiger partial charge in [0.05, 0.1) is 12.8 Å². The molecule has 0 saturated carbocycles. The Balaban J connectivity index is 1.64. The van der Waals surface area contributed by atoms with Gasteiger partial charge >= 0.3 is 5.69 Å². The van der Waals surface area contributed by atoms with E-state index in [-0.39, 0.29) is 5.69 Å². The number of aromatic nitrogens is 5. The van der Waals surface area contributed by atoms with Crippen molar-refractivity contribution in [1.82, 2.24) is 24.7 Å². The molecule has 0 aliphatic heterocycles. The summed E-state index contributed by atoms with van der Waals surface area (Å²) in [5, 5.41) is 4.66. The Morgan fingerprint density at radius 2 is 1.86 bits per heavy atom. The Kier molecular flexibility index (Phi) is 4.89. The number of rotatable bonds is 6. The fourth-order valence-electron chi connectivity index (χ4n) is 3.31. The maximum absolute atomic E-state index is 11.5. The first kappa shape index (κ1) is 17.9. The van der Waals surface area contributed by atoms with E-state index in [4.69, 9.17) is 9.40 Å². The normalized spacial score (nSPS) is 11.1. The molecule has 0 amide bonds. The van der Waals surface area contributed by atoms with Gasteiger partial charge in [-0.25, -0.2) is 14.5 Å². The van der Waals surface area contributed by atoms with Crippen LogP contribution in [-0.2, 0) is 19.4 Å². The van der Waals surface area contributed by atoms with E-state index in [9.17, 15) is 4.79 Å². The standard InChI is InChI=1S/C21H21N5O2/c1-14-17(15(2)23-21(27)22-14)10-11-19-24-20(18-9-6-12-28-18)25-26(19)13-16-7-4-3-5-8-16/h3-9,12H,10-11,13H2,1-2H3,(H,22,23,27). The number of benzene rings is 1. The van der Waals surface area contributed by atoms with Crippen molar-refractivity contribution in [3.8, 4) is 11.6 Å². The van der Waals surface area contributed by atoms with E-state index in [2.05, 4.69) is 27.2 Å². The van der Waals surface area contributed by atoms with Crippen molar-refractivity contribution >= 4 is 0 Å². The lowest BCUT2D eigenvalue weighted by molar-refractivity contribution is 0.574. The summed E-state index contributed by atoms with van der Waals surface area (Å²) in [6.45, 7) is 4.39. The van der Waals surface area contributed by atoms with E-state index >= 15 is 0 Å².